The fourth-order valence-electron chi connectivity index (χ4n) is 10.2. The van der Waals surface area contributed by atoms with E-state index in [0.717, 1.165) is 22.7 Å². The van der Waals surface area contributed by atoms with Gasteiger partial charge >= 0.3 is 0 Å². The number of nitrogens with zero attached hydrogens (tertiary/aromatic N) is 2. The predicted octanol–water partition coefficient (Wildman–Crippen LogP) is 16.2. The van der Waals surface area contributed by atoms with E-state index in [1.165, 1.54) is 87.5 Å². The minimum atomic E-state index is -0.122. The molecule has 1 aromatic heterocycles. The van der Waals surface area contributed by atoms with Crippen LogP contribution in [0.15, 0.2) is 206 Å². The molecule has 2 nitrogen and oxygen atoms in total. The molecular formula is C59H42N2. The first kappa shape index (κ1) is 35.3. The first-order chi connectivity index (χ1) is 30.0. The molecule has 0 N–H and O–H groups in total. The van der Waals surface area contributed by atoms with E-state index in [0.29, 0.717) is 0 Å². The van der Waals surface area contributed by atoms with Gasteiger partial charge in [-0.05, 0) is 127 Å². The summed E-state index contributed by atoms with van der Waals surface area (Å²) in [5.74, 6) is 0. The zero-order valence-electron chi connectivity index (χ0n) is 34.2. The van der Waals surface area contributed by atoms with Crippen LogP contribution in [0.5, 0.6) is 0 Å². The molecule has 11 aromatic rings. The molecule has 0 unspecified atom stereocenters. The third-order valence-corrected chi connectivity index (χ3v) is 13.1. The van der Waals surface area contributed by atoms with Gasteiger partial charge in [-0.15, -0.1) is 0 Å². The van der Waals surface area contributed by atoms with Crippen molar-refractivity contribution in [3.8, 4) is 16.8 Å². The molecule has 61 heavy (non-hydrogen) atoms. The van der Waals surface area contributed by atoms with Crippen LogP contribution >= 0.6 is 0 Å². The third kappa shape index (κ3) is 5.56. The number of benzene rings is 10. The maximum absolute atomic E-state index is 2.43. The smallest absolute Gasteiger partial charge is 0.0561 e. The van der Waals surface area contributed by atoms with E-state index in [1.807, 2.05) is 0 Å². The molecule has 1 aliphatic rings. The summed E-state index contributed by atoms with van der Waals surface area (Å²) in [5.41, 5.74) is 14.5. The van der Waals surface area contributed by atoms with Crippen molar-refractivity contribution in [2.45, 2.75) is 19.3 Å². The Hall–Kier alpha value is -7.68. The number of para-hydroxylation sites is 3. The van der Waals surface area contributed by atoms with Gasteiger partial charge in [-0.2, -0.15) is 0 Å². The largest absolute Gasteiger partial charge is 0.310 e. The summed E-state index contributed by atoms with van der Waals surface area (Å²) in [6, 6.07) is 75.6. The normalized spacial score (nSPS) is 13.1. The molecule has 0 saturated heterocycles. The van der Waals surface area contributed by atoms with Crippen molar-refractivity contribution in [2.24, 2.45) is 0 Å². The zero-order valence-corrected chi connectivity index (χ0v) is 34.2. The van der Waals surface area contributed by atoms with E-state index in [9.17, 15) is 0 Å². The van der Waals surface area contributed by atoms with Crippen molar-refractivity contribution in [2.75, 3.05) is 4.90 Å². The van der Waals surface area contributed by atoms with Crippen molar-refractivity contribution in [1.29, 1.82) is 0 Å². The van der Waals surface area contributed by atoms with Gasteiger partial charge in [0.25, 0.3) is 0 Å². The van der Waals surface area contributed by atoms with E-state index in [2.05, 4.69) is 242 Å². The topological polar surface area (TPSA) is 8.17 Å². The van der Waals surface area contributed by atoms with Crippen LogP contribution in [0.2, 0.25) is 0 Å². The second-order valence-electron chi connectivity index (χ2n) is 17.0. The summed E-state index contributed by atoms with van der Waals surface area (Å²) in [6.07, 6.45) is 4.61. The minimum absolute atomic E-state index is 0.122. The maximum atomic E-state index is 2.43. The van der Waals surface area contributed by atoms with Crippen molar-refractivity contribution in [3.63, 3.8) is 0 Å². The second kappa shape index (κ2) is 13.7. The number of hydrogen-bond donors (Lipinski definition) is 0. The highest BCUT2D eigenvalue weighted by Gasteiger charge is 2.34. The van der Waals surface area contributed by atoms with Gasteiger partial charge in [-0.3, -0.25) is 0 Å². The highest BCUT2D eigenvalue weighted by atomic mass is 15.1. The molecule has 0 radical (unpaired) electrons. The fraction of sp³-hybridized carbons (Fsp3) is 0.0508. The molecule has 1 aliphatic carbocycles. The van der Waals surface area contributed by atoms with Gasteiger partial charge in [0.05, 0.1) is 16.7 Å². The molecule has 0 saturated carbocycles. The average molecular weight is 779 g/mol. The molecule has 0 fully saturated rings. The quantitative estimate of drug-likeness (QED) is 0.116. The van der Waals surface area contributed by atoms with E-state index in [1.54, 1.807) is 0 Å². The van der Waals surface area contributed by atoms with Gasteiger partial charge in [-0.1, -0.05) is 166 Å². The van der Waals surface area contributed by atoms with Gasteiger partial charge in [0, 0.05) is 38.6 Å². The Morgan fingerprint density at radius 2 is 1.05 bits per heavy atom. The van der Waals surface area contributed by atoms with Gasteiger partial charge in [0.15, 0.2) is 0 Å². The number of hydrogen-bond acceptors (Lipinski definition) is 1. The minimum Gasteiger partial charge on any atom is -0.310 e. The summed E-state index contributed by atoms with van der Waals surface area (Å²) >= 11 is 0. The van der Waals surface area contributed by atoms with Crippen LogP contribution in [0.3, 0.4) is 0 Å². The number of aromatic nitrogens is 1. The van der Waals surface area contributed by atoms with Crippen molar-refractivity contribution < 1.29 is 0 Å². The maximum Gasteiger partial charge on any atom is 0.0561 e. The van der Waals surface area contributed by atoms with Crippen LogP contribution in [-0.4, -0.2) is 4.57 Å². The summed E-state index contributed by atoms with van der Waals surface area (Å²) in [4.78, 5) is 2.41. The Morgan fingerprint density at radius 1 is 0.426 bits per heavy atom. The molecule has 2 heteroatoms. The zero-order chi connectivity index (χ0) is 40.7. The Labute approximate surface area is 355 Å². The summed E-state index contributed by atoms with van der Waals surface area (Å²) in [7, 11) is 0. The molecule has 0 spiro atoms. The van der Waals surface area contributed by atoms with Gasteiger partial charge < -0.3 is 9.47 Å². The van der Waals surface area contributed by atoms with Crippen LogP contribution in [0.1, 0.15) is 36.1 Å². The van der Waals surface area contributed by atoms with E-state index in [4.69, 9.17) is 0 Å². The van der Waals surface area contributed by atoms with Crippen LogP contribution in [0.4, 0.5) is 17.1 Å². The SMILES string of the molecule is CC1(C)c2cc(/C=C/c3ccc(N(c4ccccc4)c4ccc5c6ccccc6n(-c6ccccc6)c5c4)c4ccccc34)cc3ccc4cc(-c5ccccc5)cc1c4c23. The van der Waals surface area contributed by atoms with Crippen LogP contribution in [0, 0.1) is 0 Å². The van der Waals surface area contributed by atoms with Crippen LogP contribution in [0.25, 0.3) is 83.1 Å². The lowest BCUT2D eigenvalue weighted by Gasteiger charge is -2.27. The molecule has 0 aliphatic heterocycles. The monoisotopic (exact) mass is 778 g/mol. The molecule has 12 rings (SSSR count). The van der Waals surface area contributed by atoms with E-state index >= 15 is 0 Å². The molecular weight excluding hydrogens is 737 g/mol. The lowest BCUT2D eigenvalue weighted by molar-refractivity contribution is 0.663. The second-order valence-corrected chi connectivity index (χ2v) is 17.0. The standard InChI is InChI=1S/C59H42N2/c1-59(2)52-35-39(34-42-28-29-43-36-44(40-16-6-3-7-17-40)37-53(59)58(43)57(42)52)26-27-41-30-33-55(49-23-13-12-22-48(41)49)60(45-18-8-4-9-19-45)47-31-32-51-50-24-14-15-25-54(50)61(56(51)38-47)46-20-10-5-11-21-46/h3-38H,1-2H3/b27-26+. The highest BCUT2D eigenvalue weighted by molar-refractivity contribution is 6.16. The van der Waals surface area contributed by atoms with Gasteiger partial charge in [0.2, 0.25) is 0 Å². The molecule has 0 bridgehead atoms. The van der Waals surface area contributed by atoms with Crippen molar-refractivity contribution in [3.05, 3.63) is 229 Å². The predicted molar refractivity (Wildman–Crippen MR) is 261 cm³/mol. The number of rotatable bonds is 7. The Kier molecular flexibility index (Phi) is 7.92. The first-order valence-corrected chi connectivity index (χ1v) is 21.3. The number of anilines is 3. The summed E-state index contributed by atoms with van der Waals surface area (Å²) < 4.78 is 2.40. The van der Waals surface area contributed by atoms with Crippen LogP contribution < -0.4 is 4.90 Å². The fourth-order valence-corrected chi connectivity index (χ4v) is 10.2. The van der Waals surface area contributed by atoms with Crippen molar-refractivity contribution in [1.82, 2.24) is 4.57 Å². The highest BCUT2D eigenvalue weighted by Crippen LogP contribution is 2.51. The lowest BCUT2D eigenvalue weighted by atomic mass is 9.80. The Morgan fingerprint density at radius 3 is 1.82 bits per heavy atom. The first-order valence-electron chi connectivity index (χ1n) is 21.3. The molecule has 10 aromatic carbocycles. The molecule has 0 amide bonds. The van der Waals surface area contributed by atoms with E-state index < -0.39 is 0 Å². The van der Waals surface area contributed by atoms with Crippen molar-refractivity contribution >= 4 is 83.3 Å². The average Bonchev–Trinajstić information content (AvgIpc) is 3.76. The van der Waals surface area contributed by atoms with Gasteiger partial charge in [0.1, 0.15) is 0 Å². The molecule has 288 valence electrons. The molecule has 1 heterocycles. The van der Waals surface area contributed by atoms with E-state index in [-0.39, 0.29) is 5.41 Å². The third-order valence-electron chi connectivity index (χ3n) is 13.1. The van der Waals surface area contributed by atoms with Gasteiger partial charge in [-0.25, -0.2) is 0 Å². The van der Waals surface area contributed by atoms with Crippen LogP contribution in [-0.2, 0) is 5.41 Å². The lowest BCUT2D eigenvalue weighted by Crippen LogP contribution is -2.15. The molecule has 0 atom stereocenters. The summed E-state index contributed by atoms with van der Waals surface area (Å²) in [5, 5.41) is 10.3. The Balaban J connectivity index is 0.969. The number of fused-ring (bicyclic) bond motifs is 4. The Bertz CT molecular complexity index is 3540. The summed E-state index contributed by atoms with van der Waals surface area (Å²) in [6.45, 7) is 4.78.